The third kappa shape index (κ3) is 4.70. The van der Waals surface area contributed by atoms with Crippen LogP contribution in [0.1, 0.15) is 10.4 Å². The van der Waals surface area contributed by atoms with Gasteiger partial charge in [0.15, 0.2) is 0 Å². The second kappa shape index (κ2) is 6.17. The molecule has 0 radical (unpaired) electrons. The fraction of sp³-hybridized carbons (Fsp3) is 0. The van der Waals surface area contributed by atoms with Crippen molar-refractivity contribution in [2.24, 2.45) is 5.73 Å². The Morgan fingerprint density at radius 3 is 1.53 bits per heavy atom. The van der Waals surface area contributed by atoms with Gasteiger partial charge in [-0.2, -0.15) is 0 Å². The lowest BCUT2D eigenvalue weighted by molar-refractivity contribution is 0.100. The summed E-state index contributed by atoms with van der Waals surface area (Å²) in [6.07, 6.45) is 0. The summed E-state index contributed by atoms with van der Waals surface area (Å²) in [7, 11) is 0. The highest BCUT2D eigenvalue weighted by atomic mass is 16.3. The van der Waals surface area contributed by atoms with Crippen LogP contribution in [0.2, 0.25) is 0 Å². The van der Waals surface area contributed by atoms with Gasteiger partial charge < -0.3 is 15.9 Å². The van der Waals surface area contributed by atoms with Crippen molar-refractivity contribution < 1.29 is 15.0 Å². The van der Waals surface area contributed by atoms with E-state index in [2.05, 4.69) is 0 Å². The molecule has 2 aromatic carbocycles. The van der Waals surface area contributed by atoms with Gasteiger partial charge in [-0.25, -0.2) is 0 Å². The second-order valence-corrected chi connectivity index (χ2v) is 3.25. The molecule has 0 aliphatic rings. The number of nitrogens with two attached hydrogens (primary N) is 1. The maximum atomic E-state index is 10.4. The summed E-state index contributed by atoms with van der Waals surface area (Å²) < 4.78 is 0. The summed E-state index contributed by atoms with van der Waals surface area (Å²) in [5.41, 5.74) is 5.53. The molecule has 0 saturated heterocycles. The van der Waals surface area contributed by atoms with Crippen molar-refractivity contribution in [1.82, 2.24) is 0 Å². The Labute approximate surface area is 98.9 Å². The molecule has 0 heterocycles. The Balaban J connectivity index is 0.000000171. The Kier molecular flexibility index (Phi) is 4.57. The van der Waals surface area contributed by atoms with Crippen molar-refractivity contribution in [2.75, 3.05) is 0 Å². The van der Waals surface area contributed by atoms with Crippen LogP contribution in [0.5, 0.6) is 11.5 Å². The van der Waals surface area contributed by atoms with Crippen LogP contribution in [0, 0.1) is 0 Å². The molecule has 4 heteroatoms. The van der Waals surface area contributed by atoms with Crippen molar-refractivity contribution in [1.29, 1.82) is 0 Å². The Bertz CT molecular complexity index is 445. The summed E-state index contributed by atoms with van der Waals surface area (Å²) in [5.74, 6) is -0.0406. The van der Waals surface area contributed by atoms with Crippen LogP contribution in [0.15, 0.2) is 54.6 Å². The van der Waals surface area contributed by atoms with Crippen molar-refractivity contribution in [2.45, 2.75) is 0 Å². The van der Waals surface area contributed by atoms with Gasteiger partial charge in [-0.15, -0.1) is 0 Å². The predicted octanol–water partition coefficient (Wildman–Crippen LogP) is 1.88. The Morgan fingerprint density at radius 2 is 1.24 bits per heavy atom. The zero-order valence-corrected chi connectivity index (χ0v) is 9.08. The summed E-state index contributed by atoms with van der Waals surface area (Å²) in [4.78, 5) is 10.4. The van der Waals surface area contributed by atoms with Gasteiger partial charge in [-0.1, -0.05) is 18.2 Å². The molecule has 0 fully saturated rings. The first-order valence-electron chi connectivity index (χ1n) is 4.92. The third-order valence-electron chi connectivity index (χ3n) is 1.91. The molecule has 1 amide bonds. The monoisotopic (exact) mass is 231 g/mol. The van der Waals surface area contributed by atoms with Gasteiger partial charge >= 0.3 is 0 Å². The Hall–Kier alpha value is -2.49. The molecular weight excluding hydrogens is 218 g/mol. The largest absolute Gasteiger partial charge is 0.508 e. The van der Waals surface area contributed by atoms with E-state index in [1.165, 1.54) is 24.3 Å². The first-order chi connectivity index (χ1) is 8.09. The van der Waals surface area contributed by atoms with Crippen LogP contribution >= 0.6 is 0 Å². The van der Waals surface area contributed by atoms with Gasteiger partial charge in [-0.05, 0) is 36.4 Å². The molecule has 0 unspecified atom stereocenters. The van der Waals surface area contributed by atoms with E-state index < -0.39 is 0 Å². The number of phenols is 2. The van der Waals surface area contributed by atoms with Crippen LogP contribution < -0.4 is 5.73 Å². The summed E-state index contributed by atoms with van der Waals surface area (Å²) in [6.45, 7) is 0. The molecule has 0 aliphatic carbocycles. The fourth-order valence-corrected chi connectivity index (χ4v) is 1.06. The number of hydrogen-bond acceptors (Lipinski definition) is 3. The molecule has 0 aliphatic heterocycles. The van der Waals surface area contributed by atoms with Crippen molar-refractivity contribution >= 4 is 5.91 Å². The third-order valence-corrected chi connectivity index (χ3v) is 1.91. The zero-order chi connectivity index (χ0) is 12.7. The number of benzene rings is 2. The highest BCUT2D eigenvalue weighted by Gasteiger charge is 1.93. The van der Waals surface area contributed by atoms with Gasteiger partial charge in [0, 0.05) is 5.56 Å². The topological polar surface area (TPSA) is 83.6 Å². The van der Waals surface area contributed by atoms with E-state index in [0.717, 1.165) is 0 Å². The zero-order valence-electron chi connectivity index (χ0n) is 9.08. The molecule has 4 N–H and O–H groups in total. The second-order valence-electron chi connectivity index (χ2n) is 3.25. The van der Waals surface area contributed by atoms with E-state index in [-0.39, 0.29) is 17.4 Å². The van der Waals surface area contributed by atoms with E-state index in [0.29, 0.717) is 5.56 Å². The molecule has 88 valence electrons. The number of carbonyl (C=O) groups is 1. The molecule has 2 rings (SSSR count). The quantitative estimate of drug-likeness (QED) is 0.655. The summed E-state index contributed by atoms with van der Waals surface area (Å²) >= 11 is 0. The average molecular weight is 231 g/mol. The van der Waals surface area contributed by atoms with Crippen LogP contribution in [0.25, 0.3) is 0 Å². The summed E-state index contributed by atoms with van der Waals surface area (Å²) in [6, 6.07) is 14.5. The molecule has 0 saturated carbocycles. The van der Waals surface area contributed by atoms with Crippen LogP contribution in [-0.4, -0.2) is 16.1 Å². The van der Waals surface area contributed by atoms with Gasteiger partial charge in [0.2, 0.25) is 5.91 Å². The maximum absolute atomic E-state index is 10.4. The first kappa shape index (κ1) is 12.6. The minimum Gasteiger partial charge on any atom is -0.508 e. The molecular formula is C13H13NO3. The van der Waals surface area contributed by atoms with Crippen molar-refractivity contribution in [3.63, 3.8) is 0 Å². The molecule has 4 nitrogen and oxygen atoms in total. The van der Waals surface area contributed by atoms with Crippen molar-refractivity contribution in [3.05, 3.63) is 60.2 Å². The number of amides is 1. The van der Waals surface area contributed by atoms with E-state index in [9.17, 15) is 4.79 Å². The number of hydrogen-bond donors (Lipinski definition) is 3. The lowest BCUT2D eigenvalue weighted by Gasteiger charge is -1.89. The molecule has 0 spiro atoms. The highest BCUT2D eigenvalue weighted by Crippen LogP contribution is 2.13. The minimum absolute atomic E-state index is 0.169. The minimum atomic E-state index is -0.379. The van der Waals surface area contributed by atoms with Crippen molar-refractivity contribution in [3.8, 4) is 11.5 Å². The number of primary amides is 1. The number of carbonyl (C=O) groups excluding carboxylic acids is 1. The van der Waals surface area contributed by atoms with Gasteiger partial charge in [-0.3, -0.25) is 4.79 Å². The van der Waals surface area contributed by atoms with Crippen LogP contribution in [0.3, 0.4) is 0 Å². The molecule has 17 heavy (non-hydrogen) atoms. The first-order valence-corrected chi connectivity index (χ1v) is 4.92. The number of rotatable bonds is 1. The van der Waals surface area contributed by atoms with E-state index in [1.807, 2.05) is 6.07 Å². The highest BCUT2D eigenvalue weighted by molar-refractivity contribution is 5.92. The standard InChI is InChI=1S/C7H7NO.C6H6O2/c8-7(9)6-4-2-1-3-5-6;7-5-1-2-6(8)4-3-5/h1-5H,(H2,8,9);1-4,7-8H. The van der Waals surface area contributed by atoms with E-state index >= 15 is 0 Å². The van der Waals surface area contributed by atoms with Gasteiger partial charge in [0.1, 0.15) is 11.5 Å². The van der Waals surface area contributed by atoms with E-state index in [1.54, 1.807) is 24.3 Å². The predicted molar refractivity (Wildman–Crippen MR) is 64.7 cm³/mol. The van der Waals surface area contributed by atoms with Gasteiger partial charge in [0.25, 0.3) is 0 Å². The lowest BCUT2D eigenvalue weighted by atomic mass is 10.2. The molecule has 2 aromatic rings. The number of aromatic hydroxyl groups is 2. The number of phenolic OH excluding ortho intramolecular Hbond substituents is 2. The lowest BCUT2D eigenvalue weighted by Crippen LogP contribution is -2.09. The van der Waals surface area contributed by atoms with Crippen LogP contribution in [-0.2, 0) is 0 Å². The average Bonchev–Trinajstić information content (AvgIpc) is 2.35. The summed E-state index contributed by atoms with van der Waals surface area (Å²) in [5, 5.41) is 17.3. The maximum Gasteiger partial charge on any atom is 0.248 e. The van der Waals surface area contributed by atoms with E-state index in [4.69, 9.17) is 15.9 Å². The molecule has 0 bridgehead atoms. The molecule has 0 aromatic heterocycles. The smallest absolute Gasteiger partial charge is 0.248 e. The van der Waals surface area contributed by atoms with Crippen LogP contribution in [0.4, 0.5) is 0 Å². The SMILES string of the molecule is NC(=O)c1ccccc1.Oc1ccc(O)cc1. The fourth-order valence-electron chi connectivity index (χ4n) is 1.06. The molecule has 0 atom stereocenters. The Morgan fingerprint density at radius 1 is 0.824 bits per heavy atom. The normalized spacial score (nSPS) is 8.94. The van der Waals surface area contributed by atoms with Gasteiger partial charge in [0.05, 0.1) is 0 Å².